The molecule has 0 bridgehead atoms. The highest BCUT2D eigenvalue weighted by atomic mass is 31.2. The molecule has 0 fully saturated rings. The number of hydrogen-bond acceptors (Lipinski definition) is 11. The molecule has 2 unspecified atom stereocenters. The summed E-state index contributed by atoms with van der Waals surface area (Å²) in [6, 6.07) is 0. The third-order valence-electron chi connectivity index (χ3n) is 8.49. The highest BCUT2D eigenvalue weighted by Gasteiger charge is 2.28. The summed E-state index contributed by atoms with van der Waals surface area (Å²) in [7, 11) is -9.70. The van der Waals surface area contributed by atoms with Gasteiger partial charge in [-0.1, -0.05) is 152 Å². The molecular formula is C42H74O14P2. The number of phosphoric acid groups is 2. The minimum atomic E-state index is -4.87. The van der Waals surface area contributed by atoms with Crippen molar-refractivity contribution in [1.82, 2.24) is 0 Å². The Morgan fingerprint density at radius 2 is 1.12 bits per heavy atom. The zero-order chi connectivity index (χ0) is 43.2. The number of aliphatic hydroxyl groups excluding tert-OH is 2. The Labute approximate surface area is 347 Å². The number of ether oxygens (including phenoxy) is 2. The van der Waals surface area contributed by atoms with E-state index in [4.69, 9.17) is 23.8 Å². The first-order chi connectivity index (χ1) is 27.8. The first-order valence-corrected chi connectivity index (χ1v) is 24.1. The van der Waals surface area contributed by atoms with E-state index in [-0.39, 0.29) is 12.8 Å². The summed E-state index contributed by atoms with van der Waals surface area (Å²) in [5, 5.41) is 19.5. The molecule has 58 heavy (non-hydrogen) atoms. The number of esters is 2. The Bertz CT molecular complexity index is 1280. The quantitative estimate of drug-likeness (QED) is 0.0128. The number of hydrogen-bond donors (Lipinski definition) is 5. The van der Waals surface area contributed by atoms with Crippen LogP contribution in [0.5, 0.6) is 0 Å². The molecule has 5 N–H and O–H groups in total. The maximum atomic E-state index is 12.6. The standard InChI is InChI=1S/C42H74O14P2/c1-3-5-7-8-9-10-11-12-17-20-23-26-29-33-42(46)56-40(37-55-58(50,51)54-35-39(44)34-53-57(47,48)49)36-52-41(45)32-28-25-22-19-16-14-13-15-18-21-24-27-31-38(43)30-6-4-2/h6,13-14,18-19,21-22,24,27,30,38-40,43-44H,3-5,7-12,15-17,20,23,25-26,28-29,31-37H2,1-2H3,(H,50,51)(H2,47,48,49)/b14-13-,21-18-,22-19-,27-24+,30-6-/t38?,39-,40+/m0/s1. The summed E-state index contributed by atoms with van der Waals surface area (Å²) in [4.78, 5) is 52.6. The first-order valence-electron chi connectivity index (χ1n) is 21.1. The Morgan fingerprint density at radius 1 is 0.586 bits per heavy atom. The fourth-order valence-corrected chi connectivity index (χ4v) is 6.44. The smallest absolute Gasteiger partial charge is 0.462 e. The number of allylic oxidation sites excluding steroid dienone is 8. The molecule has 16 heteroatoms. The van der Waals surface area contributed by atoms with Gasteiger partial charge in [0.2, 0.25) is 0 Å². The topological polar surface area (TPSA) is 216 Å². The minimum Gasteiger partial charge on any atom is -0.462 e. The van der Waals surface area contributed by atoms with Crippen LogP contribution in [0, 0.1) is 0 Å². The average Bonchev–Trinajstić information content (AvgIpc) is 3.18. The van der Waals surface area contributed by atoms with Gasteiger partial charge in [0.1, 0.15) is 12.7 Å². The molecule has 0 heterocycles. The van der Waals surface area contributed by atoms with Gasteiger partial charge in [0, 0.05) is 12.8 Å². The fraction of sp³-hybridized carbons (Fsp3) is 0.714. The van der Waals surface area contributed by atoms with E-state index in [9.17, 15) is 33.8 Å². The highest BCUT2D eigenvalue weighted by Crippen LogP contribution is 2.43. The van der Waals surface area contributed by atoms with Crippen LogP contribution in [0.3, 0.4) is 0 Å². The first kappa shape index (κ1) is 55.8. The van der Waals surface area contributed by atoms with E-state index in [1.54, 1.807) is 6.08 Å². The Morgan fingerprint density at radius 3 is 1.74 bits per heavy atom. The third-order valence-corrected chi connectivity index (χ3v) is 9.92. The van der Waals surface area contributed by atoms with Crippen molar-refractivity contribution >= 4 is 27.6 Å². The van der Waals surface area contributed by atoms with E-state index in [1.165, 1.54) is 51.4 Å². The van der Waals surface area contributed by atoms with E-state index >= 15 is 0 Å². The van der Waals surface area contributed by atoms with E-state index in [0.717, 1.165) is 44.9 Å². The van der Waals surface area contributed by atoms with E-state index in [2.05, 4.69) is 16.0 Å². The molecule has 0 rings (SSSR count). The van der Waals surface area contributed by atoms with Crippen LogP contribution in [-0.2, 0) is 41.8 Å². The van der Waals surface area contributed by atoms with Crippen LogP contribution in [-0.4, -0.2) is 81.6 Å². The average molecular weight is 865 g/mol. The number of phosphoric ester groups is 2. The number of rotatable bonds is 39. The van der Waals surface area contributed by atoms with E-state index in [1.807, 2.05) is 61.6 Å². The van der Waals surface area contributed by atoms with Gasteiger partial charge in [-0.3, -0.25) is 23.2 Å². The number of unbranched alkanes of at least 4 members (excludes halogenated alkanes) is 13. The summed E-state index contributed by atoms with van der Waals surface area (Å²) >= 11 is 0. The summed E-state index contributed by atoms with van der Waals surface area (Å²) in [5.41, 5.74) is 0. The predicted molar refractivity (Wildman–Crippen MR) is 227 cm³/mol. The second-order valence-electron chi connectivity index (χ2n) is 14.1. The predicted octanol–water partition coefficient (Wildman–Crippen LogP) is 9.42. The van der Waals surface area contributed by atoms with Crippen LogP contribution in [0.15, 0.2) is 60.8 Å². The highest BCUT2D eigenvalue weighted by molar-refractivity contribution is 7.47. The number of aliphatic hydroxyl groups is 2. The van der Waals surface area contributed by atoms with Crippen molar-refractivity contribution < 1.29 is 66.7 Å². The van der Waals surface area contributed by atoms with Crippen molar-refractivity contribution in [1.29, 1.82) is 0 Å². The van der Waals surface area contributed by atoms with Gasteiger partial charge in [-0.2, -0.15) is 0 Å². The lowest BCUT2D eigenvalue weighted by Crippen LogP contribution is -2.30. The van der Waals surface area contributed by atoms with Gasteiger partial charge in [-0.05, 0) is 44.9 Å². The molecule has 0 saturated heterocycles. The Balaban J connectivity index is 4.65. The maximum Gasteiger partial charge on any atom is 0.472 e. The van der Waals surface area contributed by atoms with Crippen LogP contribution in [0.4, 0.5) is 0 Å². The number of carbonyl (C=O) groups is 2. The molecule has 0 amide bonds. The lowest BCUT2D eigenvalue weighted by atomic mass is 10.0. The summed E-state index contributed by atoms with van der Waals surface area (Å²) in [6.45, 7) is 1.44. The second kappa shape index (κ2) is 37.8. The molecular weight excluding hydrogens is 790 g/mol. The molecule has 0 aliphatic heterocycles. The van der Waals surface area contributed by atoms with E-state index in [0.29, 0.717) is 25.7 Å². The summed E-state index contributed by atoms with van der Waals surface area (Å²) in [6.07, 6.45) is 35.6. The Hall–Kier alpha value is -2.22. The van der Waals surface area contributed by atoms with Gasteiger partial charge in [0.15, 0.2) is 6.10 Å². The van der Waals surface area contributed by atoms with Gasteiger partial charge >= 0.3 is 27.6 Å². The van der Waals surface area contributed by atoms with Gasteiger partial charge in [0.05, 0.1) is 25.9 Å². The normalized spacial score (nSPS) is 15.2. The molecule has 0 aliphatic carbocycles. The fourth-order valence-electron chi connectivity index (χ4n) is 5.29. The van der Waals surface area contributed by atoms with Crippen LogP contribution in [0.1, 0.15) is 149 Å². The minimum absolute atomic E-state index is 0.0983. The third kappa shape index (κ3) is 40.6. The monoisotopic (exact) mass is 864 g/mol. The molecule has 4 atom stereocenters. The van der Waals surface area contributed by atoms with Crippen molar-refractivity contribution in [3.8, 4) is 0 Å². The van der Waals surface area contributed by atoms with Crippen LogP contribution >= 0.6 is 15.6 Å². The SMILES string of the molecule is CC/C=C\C(O)C/C=C/C=C\C/C=C\C/C=C\CCCC(=O)OC[C@H](COP(=O)(O)OC[C@@H](O)COP(=O)(O)O)OC(=O)CCCCCCCCCCCCCCC. The van der Waals surface area contributed by atoms with Crippen molar-refractivity contribution in [3.63, 3.8) is 0 Å². The van der Waals surface area contributed by atoms with Gasteiger partial charge in [-0.15, -0.1) is 0 Å². The molecule has 0 aromatic carbocycles. The van der Waals surface area contributed by atoms with Crippen LogP contribution < -0.4 is 0 Å². The second-order valence-corrected chi connectivity index (χ2v) is 16.8. The largest absolute Gasteiger partial charge is 0.472 e. The Kier molecular flexibility index (Phi) is 36.3. The van der Waals surface area contributed by atoms with Crippen LogP contribution in [0.25, 0.3) is 0 Å². The molecule has 0 saturated carbocycles. The van der Waals surface area contributed by atoms with Crippen molar-refractivity contribution in [2.75, 3.05) is 26.4 Å². The lowest BCUT2D eigenvalue weighted by molar-refractivity contribution is -0.161. The van der Waals surface area contributed by atoms with Crippen molar-refractivity contribution in [3.05, 3.63) is 60.8 Å². The molecule has 0 spiro atoms. The van der Waals surface area contributed by atoms with Crippen LogP contribution in [0.2, 0.25) is 0 Å². The number of carbonyl (C=O) groups excluding carboxylic acids is 2. The van der Waals surface area contributed by atoms with Gasteiger partial charge in [0.25, 0.3) is 0 Å². The molecule has 0 aromatic rings. The summed E-state index contributed by atoms with van der Waals surface area (Å²) < 4.78 is 47.6. The lowest BCUT2D eigenvalue weighted by Gasteiger charge is -2.20. The summed E-state index contributed by atoms with van der Waals surface area (Å²) in [5.74, 6) is -1.12. The molecule has 336 valence electrons. The molecule has 14 nitrogen and oxygen atoms in total. The molecule has 0 radical (unpaired) electrons. The molecule has 0 aliphatic rings. The van der Waals surface area contributed by atoms with Gasteiger partial charge < -0.3 is 34.4 Å². The maximum absolute atomic E-state index is 12.6. The van der Waals surface area contributed by atoms with E-state index < -0.39 is 72.3 Å². The zero-order valence-corrected chi connectivity index (χ0v) is 36.8. The van der Waals surface area contributed by atoms with Gasteiger partial charge in [-0.25, -0.2) is 9.13 Å². The van der Waals surface area contributed by atoms with Crippen molar-refractivity contribution in [2.24, 2.45) is 0 Å². The zero-order valence-electron chi connectivity index (χ0n) is 35.0. The van der Waals surface area contributed by atoms with Crippen molar-refractivity contribution in [2.45, 2.75) is 167 Å². The molecule has 0 aromatic heterocycles.